The number of nitrogens with two attached hydrogens (primary N) is 1. The molecular weight excluding hydrogens is 146 g/mol. The van der Waals surface area contributed by atoms with Crippen molar-refractivity contribution in [2.45, 2.75) is 6.04 Å². The fourth-order valence-corrected chi connectivity index (χ4v) is 0.831. The van der Waals surface area contributed by atoms with Gasteiger partial charge in [-0.2, -0.15) is 0 Å². The van der Waals surface area contributed by atoms with Crippen molar-refractivity contribution in [3.05, 3.63) is 18.1 Å². The molecule has 0 aliphatic heterocycles. The van der Waals surface area contributed by atoms with Gasteiger partial charge in [0.15, 0.2) is 11.5 Å². The zero-order valence-electron chi connectivity index (χ0n) is 6.28. The zero-order chi connectivity index (χ0) is 8.27. The zero-order valence-corrected chi connectivity index (χ0v) is 6.28. The smallest absolute Gasteiger partial charge is 0.164 e. The molecule has 4 heteroatoms. The summed E-state index contributed by atoms with van der Waals surface area (Å²) >= 11 is 0. The number of rotatable bonds is 3. The van der Waals surface area contributed by atoms with Crippen LogP contribution in [-0.2, 0) is 0 Å². The highest BCUT2D eigenvalue weighted by molar-refractivity contribution is 5.26. The first-order valence-electron chi connectivity index (χ1n) is 3.27. The van der Waals surface area contributed by atoms with E-state index in [4.69, 9.17) is 20.0 Å². The minimum atomic E-state index is -0.500. The van der Waals surface area contributed by atoms with Crippen LogP contribution < -0.4 is 10.5 Å². The van der Waals surface area contributed by atoms with E-state index in [1.165, 1.54) is 13.4 Å². The Kier molecular flexibility index (Phi) is 2.51. The van der Waals surface area contributed by atoms with E-state index < -0.39 is 6.04 Å². The normalized spacial score (nSPS) is 13.0. The molecule has 1 aromatic heterocycles. The highest BCUT2D eigenvalue weighted by Crippen LogP contribution is 2.23. The summed E-state index contributed by atoms with van der Waals surface area (Å²) in [6.45, 7) is -0.149. The summed E-state index contributed by atoms with van der Waals surface area (Å²) in [4.78, 5) is 0. The molecule has 0 radical (unpaired) electrons. The number of aliphatic hydroxyl groups is 1. The van der Waals surface area contributed by atoms with E-state index in [2.05, 4.69) is 0 Å². The van der Waals surface area contributed by atoms with E-state index in [0.717, 1.165) is 0 Å². The number of hydrogen-bond acceptors (Lipinski definition) is 4. The van der Waals surface area contributed by atoms with Crippen molar-refractivity contribution in [1.29, 1.82) is 0 Å². The molecule has 0 aliphatic rings. The second kappa shape index (κ2) is 3.41. The molecule has 1 atom stereocenters. The second-order valence-electron chi connectivity index (χ2n) is 2.14. The summed E-state index contributed by atoms with van der Waals surface area (Å²) in [6, 6.07) is 1.16. The lowest BCUT2D eigenvalue weighted by atomic mass is 10.2. The summed E-state index contributed by atoms with van der Waals surface area (Å²) in [6.07, 6.45) is 1.48. The lowest BCUT2D eigenvalue weighted by Gasteiger charge is -2.05. The highest BCUT2D eigenvalue weighted by Gasteiger charge is 2.13. The molecule has 1 rings (SSSR count). The Balaban J connectivity index is 2.83. The van der Waals surface area contributed by atoms with Crippen LogP contribution in [0.2, 0.25) is 0 Å². The highest BCUT2D eigenvalue weighted by atomic mass is 16.5. The van der Waals surface area contributed by atoms with Gasteiger partial charge in [0.05, 0.1) is 26.0 Å². The van der Waals surface area contributed by atoms with Crippen LogP contribution in [0.15, 0.2) is 16.7 Å². The molecule has 0 fully saturated rings. The van der Waals surface area contributed by atoms with Gasteiger partial charge in [0.2, 0.25) is 0 Å². The van der Waals surface area contributed by atoms with Crippen LogP contribution in [0, 0.1) is 0 Å². The Bertz CT molecular complexity index is 221. The number of hydrogen-bond donors (Lipinski definition) is 2. The van der Waals surface area contributed by atoms with Crippen molar-refractivity contribution in [2.75, 3.05) is 13.7 Å². The molecule has 0 saturated heterocycles. The largest absolute Gasteiger partial charge is 0.493 e. The predicted octanol–water partition coefficient (Wildman–Crippen LogP) is 0.280. The lowest BCUT2D eigenvalue weighted by Crippen LogP contribution is -2.14. The van der Waals surface area contributed by atoms with Crippen LogP contribution in [0.5, 0.6) is 5.75 Å². The van der Waals surface area contributed by atoms with Crippen LogP contribution in [0.3, 0.4) is 0 Å². The van der Waals surface area contributed by atoms with Crippen molar-refractivity contribution in [3.8, 4) is 5.75 Å². The first-order valence-corrected chi connectivity index (χ1v) is 3.27. The number of methoxy groups -OCH3 is 1. The molecule has 3 N–H and O–H groups in total. The Morgan fingerprint density at radius 1 is 1.82 bits per heavy atom. The quantitative estimate of drug-likeness (QED) is 0.661. The Morgan fingerprint density at radius 3 is 3.09 bits per heavy atom. The summed E-state index contributed by atoms with van der Waals surface area (Å²) in [5, 5.41) is 8.69. The van der Waals surface area contributed by atoms with Crippen LogP contribution >= 0.6 is 0 Å². The fourth-order valence-electron chi connectivity index (χ4n) is 0.831. The van der Waals surface area contributed by atoms with E-state index >= 15 is 0 Å². The summed E-state index contributed by atoms with van der Waals surface area (Å²) in [5.41, 5.74) is 5.49. The van der Waals surface area contributed by atoms with Crippen LogP contribution in [0.1, 0.15) is 11.8 Å². The molecule has 0 aromatic carbocycles. The van der Waals surface area contributed by atoms with Gasteiger partial charge in [0.25, 0.3) is 0 Å². The topological polar surface area (TPSA) is 68.6 Å². The molecule has 0 saturated carbocycles. The molecule has 0 aliphatic carbocycles. The van der Waals surface area contributed by atoms with Gasteiger partial charge in [-0.3, -0.25) is 0 Å². The molecule has 62 valence electrons. The Morgan fingerprint density at radius 2 is 2.55 bits per heavy atom. The lowest BCUT2D eigenvalue weighted by molar-refractivity contribution is 0.246. The number of ether oxygens (including phenoxy) is 1. The first-order chi connectivity index (χ1) is 5.29. The Hall–Kier alpha value is -1.00. The molecular formula is C7H11NO3. The Labute approximate surface area is 64.6 Å². The van der Waals surface area contributed by atoms with Gasteiger partial charge in [-0.1, -0.05) is 0 Å². The predicted molar refractivity (Wildman–Crippen MR) is 39.3 cm³/mol. The minimum Gasteiger partial charge on any atom is -0.493 e. The third-order valence-electron chi connectivity index (χ3n) is 1.41. The molecule has 0 unspecified atom stereocenters. The van der Waals surface area contributed by atoms with Gasteiger partial charge >= 0.3 is 0 Å². The maximum atomic E-state index is 8.69. The molecule has 1 aromatic rings. The molecule has 0 bridgehead atoms. The van der Waals surface area contributed by atoms with E-state index in [1.807, 2.05) is 0 Å². The van der Waals surface area contributed by atoms with E-state index in [1.54, 1.807) is 6.07 Å². The van der Waals surface area contributed by atoms with Crippen LogP contribution in [0.25, 0.3) is 0 Å². The van der Waals surface area contributed by atoms with Crippen molar-refractivity contribution in [1.82, 2.24) is 0 Å². The average Bonchev–Trinajstić information content (AvgIpc) is 2.50. The molecule has 0 amide bonds. The maximum Gasteiger partial charge on any atom is 0.164 e. The fraction of sp³-hybridized carbons (Fsp3) is 0.429. The van der Waals surface area contributed by atoms with Crippen LogP contribution in [-0.4, -0.2) is 18.8 Å². The summed E-state index contributed by atoms with van der Waals surface area (Å²) in [5.74, 6) is 1.06. The van der Waals surface area contributed by atoms with E-state index in [9.17, 15) is 0 Å². The summed E-state index contributed by atoms with van der Waals surface area (Å²) < 4.78 is 9.92. The number of furan rings is 1. The summed E-state index contributed by atoms with van der Waals surface area (Å²) in [7, 11) is 1.53. The number of aliphatic hydroxyl groups excluding tert-OH is 1. The first kappa shape index (κ1) is 8.10. The van der Waals surface area contributed by atoms with Gasteiger partial charge in [-0.05, 0) is 0 Å². The maximum absolute atomic E-state index is 8.69. The van der Waals surface area contributed by atoms with Crippen molar-refractivity contribution >= 4 is 0 Å². The van der Waals surface area contributed by atoms with Crippen LogP contribution in [0.4, 0.5) is 0 Å². The third kappa shape index (κ3) is 1.53. The SMILES string of the molecule is COc1ccoc1[C@H](N)CO. The van der Waals surface area contributed by atoms with Gasteiger partial charge in [-0.25, -0.2) is 0 Å². The third-order valence-corrected chi connectivity index (χ3v) is 1.41. The monoisotopic (exact) mass is 157 g/mol. The molecule has 1 heterocycles. The standard InChI is InChI=1S/C7H11NO3/c1-10-6-2-3-11-7(6)5(8)4-9/h2-3,5,9H,4,8H2,1H3/t5-/m1/s1. The van der Waals surface area contributed by atoms with E-state index in [0.29, 0.717) is 11.5 Å². The van der Waals surface area contributed by atoms with Crippen molar-refractivity contribution in [3.63, 3.8) is 0 Å². The van der Waals surface area contributed by atoms with Crippen molar-refractivity contribution < 1.29 is 14.3 Å². The van der Waals surface area contributed by atoms with Gasteiger partial charge in [0, 0.05) is 6.07 Å². The van der Waals surface area contributed by atoms with Gasteiger partial charge < -0.3 is 20.0 Å². The second-order valence-corrected chi connectivity index (χ2v) is 2.14. The molecule has 4 nitrogen and oxygen atoms in total. The molecule has 11 heavy (non-hydrogen) atoms. The average molecular weight is 157 g/mol. The van der Waals surface area contributed by atoms with Gasteiger partial charge in [-0.15, -0.1) is 0 Å². The van der Waals surface area contributed by atoms with Gasteiger partial charge in [0.1, 0.15) is 0 Å². The van der Waals surface area contributed by atoms with Crippen molar-refractivity contribution in [2.24, 2.45) is 5.73 Å². The minimum absolute atomic E-state index is 0.149. The molecule has 0 spiro atoms. The van der Waals surface area contributed by atoms with E-state index in [-0.39, 0.29) is 6.61 Å².